The van der Waals surface area contributed by atoms with Gasteiger partial charge in [-0.25, -0.2) is 0 Å². The largest absolute Gasteiger partial charge is 0.679 e. The fourth-order valence-electron chi connectivity index (χ4n) is 3.70. The van der Waals surface area contributed by atoms with Gasteiger partial charge in [0.2, 0.25) is 0 Å². The number of hydrogen-bond acceptors (Lipinski definition) is 8. The first-order chi connectivity index (χ1) is 13.4. The van der Waals surface area contributed by atoms with Crippen molar-refractivity contribution < 1.29 is 36.8 Å². The zero-order chi connectivity index (χ0) is 21.2. The summed E-state index contributed by atoms with van der Waals surface area (Å²) in [6.45, 7) is 10.5. The van der Waals surface area contributed by atoms with Gasteiger partial charge in [0.25, 0.3) is 0 Å². The van der Waals surface area contributed by atoms with Gasteiger partial charge in [0, 0.05) is 19.8 Å². The van der Waals surface area contributed by atoms with Crippen molar-refractivity contribution in [3.05, 3.63) is 12.7 Å². The summed E-state index contributed by atoms with van der Waals surface area (Å²) in [4.78, 5) is 25.0. The van der Waals surface area contributed by atoms with Crippen LogP contribution in [0.4, 0.5) is 0 Å². The fraction of sp³-hybridized carbons (Fsp3) is 0.789. The lowest BCUT2D eigenvalue weighted by molar-refractivity contribution is -0.176. The monoisotopic (exact) mass is 418 g/mol. The summed E-state index contributed by atoms with van der Waals surface area (Å²) in [5.41, 5.74) is -1.34. The smallest absolute Gasteiger partial charge is 0.468 e. The maximum atomic E-state index is 12.5. The minimum absolute atomic E-state index is 0.169. The van der Waals surface area contributed by atoms with E-state index in [0.29, 0.717) is 32.7 Å². The Morgan fingerprint density at radius 1 is 1.04 bits per heavy atom. The van der Waals surface area contributed by atoms with Gasteiger partial charge < -0.3 is 27.2 Å². The average molecular weight is 419 g/mol. The van der Waals surface area contributed by atoms with E-state index in [9.17, 15) is 9.59 Å². The van der Waals surface area contributed by atoms with E-state index in [0.717, 1.165) is 0 Å². The Bertz CT molecular complexity index is 491. The molecular weight excluding hydrogens is 384 g/mol. The Hall–Kier alpha value is -1.26. The molecule has 9 heteroatoms. The molecule has 0 saturated heterocycles. The van der Waals surface area contributed by atoms with Gasteiger partial charge in [0.05, 0.1) is 20.3 Å². The number of esters is 2. The highest BCUT2D eigenvalue weighted by atomic mass is 28.4. The molecule has 0 spiro atoms. The summed E-state index contributed by atoms with van der Waals surface area (Å²) in [6, 6.07) is 0. The van der Waals surface area contributed by atoms with E-state index in [4.69, 9.17) is 27.2 Å². The predicted molar refractivity (Wildman–Crippen MR) is 104 cm³/mol. The number of methoxy groups -OCH3 is 2. The molecule has 28 heavy (non-hydrogen) atoms. The van der Waals surface area contributed by atoms with Gasteiger partial charge in [-0.1, -0.05) is 6.08 Å². The van der Waals surface area contributed by atoms with Crippen molar-refractivity contribution in [1.82, 2.24) is 0 Å². The van der Waals surface area contributed by atoms with Crippen molar-refractivity contribution in [2.24, 2.45) is 11.3 Å². The molecule has 1 rings (SSSR count). The van der Waals surface area contributed by atoms with Crippen LogP contribution in [0.2, 0.25) is 0 Å². The highest BCUT2D eigenvalue weighted by molar-refractivity contribution is 6.53. The van der Waals surface area contributed by atoms with E-state index in [1.807, 2.05) is 20.8 Å². The molecule has 1 fully saturated rings. The zero-order valence-electron chi connectivity index (χ0n) is 17.7. The van der Waals surface area contributed by atoms with Crippen LogP contribution in [0.3, 0.4) is 0 Å². The van der Waals surface area contributed by atoms with Gasteiger partial charge in [0.15, 0.2) is 5.41 Å². The molecule has 0 radical (unpaired) electrons. The molecule has 0 bridgehead atoms. The minimum atomic E-state index is -3.34. The molecule has 162 valence electrons. The Kier molecular flexibility index (Phi) is 10.3. The van der Waals surface area contributed by atoms with Crippen molar-refractivity contribution in [2.75, 3.05) is 34.0 Å². The molecule has 1 aliphatic rings. The van der Waals surface area contributed by atoms with Gasteiger partial charge in [-0.3, -0.25) is 9.59 Å². The number of allylic oxidation sites excluding steroid dienone is 1. The quantitative estimate of drug-likeness (QED) is 0.207. The van der Waals surface area contributed by atoms with Crippen molar-refractivity contribution in [2.45, 2.75) is 52.6 Å². The van der Waals surface area contributed by atoms with Gasteiger partial charge in [-0.15, -0.1) is 6.58 Å². The third-order valence-corrected chi connectivity index (χ3v) is 7.39. The molecule has 0 aromatic heterocycles. The first-order valence-electron chi connectivity index (χ1n) is 9.75. The molecule has 0 amide bonds. The van der Waals surface area contributed by atoms with E-state index in [1.54, 1.807) is 6.08 Å². The fourth-order valence-corrected chi connectivity index (χ4v) is 5.89. The van der Waals surface area contributed by atoms with Crippen LogP contribution in [-0.4, -0.2) is 61.1 Å². The molecule has 1 aliphatic carbocycles. The average Bonchev–Trinajstić information content (AvgIpc) is 2.69. The Morgan fingerprint density at radius 3 is 1.93 bits per heavy atom. The molecular formula is C19H34O8Si. The lowest BCUT2D eigenvalue weighted by Crippen LogP contribution is -2.55. The molecule has 0 unspecified atom stereocenters. The lowest BCUT2D eigenvalue weighted by Gasteiger charge is -2.42. The second-order valence-electron chi connectivity index (χ2n) is 6.55. The van der Waals surface area contributed by atoms with Crippen molar-refractivity contribution in [3.63, 3.8) is 0 Å². The molecule has 0 aromatic carbocycles. The van der Waals surface area contributed by atoms with Crippen LogP contribution in [0.15, 0.2) is 12.7 Å². The third-order valence-electron chi connectivity index (χ3n) is 4.87. The number of rotatable bonds is 12. The summed E-state index contributed by atoms with van der Waals surface area (Å²) >= 11 is 0. The maximum absolute atomic E-state index is 12.5. The number of hydrogen-bond donors (Lipinski definition) is 0. The number of carbonyl (C=O) groups excluding carboxylic acids is 2. The topological polar surface area (TPSA) is 89.5 Å². The van der Waals surface area contributed by atoms with E-state index >= 15 is 0 Å². The molecule has 0 aromatic rings. The SMILES string of the molecule is C=CC[C@@H]1CC(C(=O)OC)(C(=O)OC)CC[C@H]1O[Si](OCC)(OCC)OCC. The molecule has 8 nitrogen and oxygen atoms in total. The van der Waals surface area contributed by atoms with Gasteiger partial charge >= 0.3 is 21.0 Å². The third kappa shape index (κ3) is 5.63. The summed E-state index contributed by atoms with van der Waals surface area (Å²) < 4.78 is 33.5. The van der Waals surface area contributed by atoms with Crippen LogP contribution >= 0.6 is 0 Å². The van der Waals surface area contributed by atoms with E-state index < -0.39 is 26.4 Å². The van der Waals surface area contributed by atoms with Crippen LogP contribution in [0.1, 0.15) is 46.5 Å². The van der Waals surface area contributed by atoms with Crippen LogP contribution in [0.25, 0.3) is 0 Å². The highest BCUT2D eigenvalue weighted by Gasteiger charge is 2.56. The Labute approximate surface area is 168 Å². The minimum Gasteiger partial charge on any atom is -0.468 e. The second-order valence-corrected chi connectivity index (χ2v) is 8.65. The Balaban J connectivity index is 3.15. The maximum Gasteiger partial charge on any atom is 0.679 e. The molecule has 0 heterocycles. The summed E-state index contributed by atoms with van der Waals surface area (Å²) in [7, 11) is -0.791. The van der Waals surface area contributed by atoms with Crippen molar-refractivity contribution in [1.29, 1.82) is 0 Å². The molecule has 0 aliphatic heterocycles. The molecule has 1 saturated carbocycles. The summed E-state index contributed by atoms with van der Waals surface area (Å²) in [6.07, 6.45) is 2.91. The first kappa shape index (κ1) is 24.8. The van der Waals surface area contributed by atoms with Crippen LogP contribution in [0, 0.1) is 11.3 Å². The van der Waals surface area contributed by atoms with E-state index in [2.05, 4.69) is 6.58 Å². The van der Waals surface area contributed by atoms with E-state index in [1.165, 1.54) is 14.2 Å². The van der Waals surface area contributed by atoms with Crippen LogP contribution in [0.5, 0.6) is 0 Å². The van der Waals surface area contributed by atoms with Gasteiger partial charge in [-0.2, -0.15) is 0 Å². The van der Waals surface area contributed by atoms with Gasteiger partial charge in [0.1, 0.15) is 0 Å². The zero-order valence-corrected chi connectivity index (χ0v) is 18.7. The lowest BCUT2D eigenvalue weighted by atomic mass is 9.67. The normalized spacial score (nSPS) is 21.8. The molecule has 2 atom stereocenters. The predicted octanol–water partition coefficient (Wildman–Crippen LogP) is 2.63. The van der Waals surface area contributed by atoms with Crippen molar-refractivity contribution in [3.8, 4) is 0 Å². The first-order valence-corrected chi connectivity index (χ1v) is 11.4. The summed E-state index contributed by atoms with van der Waals surface area (Å²) in [5, 5.41) is 0. The Morgan fingerprint density at radius 2 is 1.54 bits per heavy atom. The number of carbonyl (C=O) groups is 2. The summed E-state index contributed by atoms with van der Waals surface area (Å²) in [5.74, 6) is -1.35. The van der Waals surface area contributed by atoms with Crippen molar-refractivity contribution >= 4 is 21.0 Å². The van der Waals surface area contributed by atoms with Crippen LogP contribution < -0.4 is 0 Å². The highest BCUT2D eigenvalue weighted by Crippen LogP contribution is 2.45. The molecule has 0 N–H and O–H groups in total. The van der Waals surface area contributed by atoms with Crippen LogP contribution in [-0.2, 0) is 36.8 Å². The second kappa shape index (κ2) is 11.7. The van der Waals surface area contributed by atoms with E-state index in [-0.39, 0.29) is 24.9 Å². The number of ether oxygens (including phenoxy) is 2. The standard InChI is InChI=1S/C19H34O8Si/c1-7-11-15-14-19(17(20)22-5,18(21)23-6)13-12-16(15)27-28(24-8-2,25-9-3)26-10-4/h7,15-16H,1,8-14H2,2-6H3/t15-,16-/m1/s1. The van der Waals surface area contributed by atoms with Gasteiger partial charge in [-0.05, 0) is 52.4 Å².